The number of likely N-dealkylation sites (tertiary alicyclic amines) is 1. The number of hydrogen-bond donors (Lipinski definition) is 0. The van der Waals surface area contributed by atoms with Gasteiger partial charge in [0.1, 0.15) is 4.32 Å². The average molecular weight is 600 g/mol. The molecule has 0 unspecified atom stereocenters. The highest BCUT2D eigenvalue weighted by atomic mass is 79.9. The number of rotatable bonds is 11. The van der Waals surface area contributed by atoms with Gasteiger partial charge in [0, 0.05) is 26.1 Å². The highest BCUT2D eigenvalue weighted by molar-refractivity contribution is 9.10. The third-order valence-electron chi connectivity index (χ3n) is 5.70. The topological polar surface area (TPSA) is 85.4 Å². The molecule has 8 nitrogen and oxygen atoms in total. The van der Waals surface area contributed by atoms with Crippen LogP contribution in [0, 0.1) is 0 Å². The molecule has 1 aromatic carbocycles. The minimum atomic E-state index is -0.269. The van der Waals surface area contributed by atoms with Gasteiger partial charge in [-0.15, -0.1) is 0 Å². The zero-order chi connectivity index (χ0) is 26.1. The maximum absolute atomic E-state index is 12.9. The maximum atomic E-state index is 12.9. The number of amides is 2. The van der Waals surface area contributed by atoms with Gasteiger partial charge in [-0.05, 0) is 71.8 Å². The van der Waals surface area contributed by atoms with Crippen molar-refractivity contribution in [3.8, 4) is 11.5 Å². The molecule has 0 atom stereocenters. The number of carbonyl (C=O) groups is 3. The van der Waals surface area contributed by atoms with Crippen molar-refractivity contribution in [3.05, 3.63) is 27.1 Å². The molecule has 0 aromatic heterocycles. The summed E-state index contributed by atoms with van der Waals surface area (Å²) in [6, 6.07) is 3.56. The molecule has 2 aliphatic rings. The molecule has 36 heavy (non-hydrogen) atoms. The summed E-state index contributed by atoms with van der Waals surface area (Å²) in [5, 5.41) is 0. The molecule has 3 rings (SSSR count). The van der Waals surface area contributed by atoms with Gasteiger partial charge < -0.3 is 19.1 Å². The number of halogens is 1. The lowest BCUT2D eigenvalue weighted by Crippen LogP contribution is -2.38. The van der Waals surface area contributed by atoms with E-state index in [1.54, 1.807) is 18.2 Å². The largest absolute Gasteiger partial charge is 0.493 e. The molecule has 11 heteroatoms. The van der Waals surface area contributed by atoms with Crippen LogP contribution in [0.1, 0.15) is 51.0 Å². The lowest BCUT2D eigenvalue weighted by atomic mass is 10.1. The lowest BCUT2D eigenvalue weighted by molar-refractivity contribution is -0.144. The van der Waals surface area contributed by atoms with Crippen molar-refractivity contribution in [2.75, 3.05) is 40.0 Å². The summed E-state index contributed by atoms with van der Waals surface area (Å²) in [6.45, 7) is 4.15. The van der Waals surface area contributed by atoms with E-state index in [1.807, 2.05) is 11.8 Å². The van der Waals surface area contributed by atoms with Crippen LogP contribution in [0.4, 0.5) is 0 Å². The summed E-state index contributed by atoms with van der Waals surface area (Å²) >= 11 is 10.1. The average Bonchev–Trinajstić information content (AvgIpc) is 3.14. The quantitative estimate of drug-likeness (QED) is 0.204. The van der Waals surface area contributed by atoms with E-state index in [1.165, 1.54) is 23.8 Å². The first-order chi connectivity index (χ1) is 17.3. The van der Waals surface area contributed by atoms with Gasteiger partial charge in [-0.3, -0.25) is 19.3 Å². The monoisotopic (exact) mass is 598 g/mol. The molecule has 0 radical (unpaired) electrons. The molecule has 0 bridgehead atoms. The first-order valence-corrected chi connectivity index (χ1v) is 14.0. The lowest BCUT2D eigenvalue weighted by Gasteiger charge is -2.26. The Labute approximate surface area is 229 Å². The van der Waals surface area contributed by atoms with E-state index in [9.17, 15) is 14.4 Å². The highest BCUT2D eigenvalue weighted by Gasteiger charge is 2.32. The van der Waals surface area contributed by atoms with E-state index in [0.717, 1.165) is 44.3 Å². The Kier molecular flexibility index (Phi) is 11.1. The molecule has 1 aromatic rings. The molecule has 0 spiro atoms. The number of benzene rings is 1. The Morgan fingerprint density at radius 1 is 1.22 bits per heavy atom. The summed E-state index contributed by atoms with van der Waals surface area (Å²) in [6.07, 6.45) is 6.42. The van der Waals surface area contributed by atoms with Crippen LogP contribution < -0.4 is 9.47 Å². The van der Waals surface area contributed by atoms with Crippen LogP contribution >= 0.6 is 39.9 Å². The van der Waals surface area contributed by atoms with Crippen molar-refractivity contribution >= 4 is 68.1 Å². The Morgan fingerprint density at radius 2 is 1.97 bits per heavy atom. The predicted octanol–water partition coefficient (Wildman–Crippen LogP) is 4.78. The Hall–Kier alpha value is -2.11. The third kappa shape index (κ3) is 7.69. The number of hydrogen-bond acceptors (Lipinski definition) is 8. The number of methoxy groups -OCH3 is 1. The molecule has 2 heterocycles. The van der Waals surface area contributed by atoms with Crippen molar-refractivity contribution in [2.24, 2.45) is 0 Å². The molecule has 2 aliphatic heterocycles. The minimum absolute atomic E-state index is 0.0463. The van der Waals surface area contributed by atoms with Crippen LogP contribution in [0.15, 0.2) is 21.5 Å². The van der Waals surface area contributed by atoms with Gasteiger partial charge in [0.15, 0.2) is 18.1 Å². The molecule has 0 N–H and O–H groups in total. The molecule has 0 aliphatic carbocycles. The predicted molar refractivity (Wildman–Crippen MR) is 147 cm³/mol. The van der Waals surface area contributed by atoms with Crippen molar-refractivity contribution < 1.29 is 28.6 Å². The second-order valence-electron chi connectivity index (χ2n) is 8.42. The molecule has 0 saturated carbocycles. The summed E-state index contributed by atoms with van der Waals surface area (Å²) in [5.41, 5.74) is 0.720. The first-order valence-electron chi connectivity index (χ1n) is 12.0. The van der Waals surface area contributed by atoms with Gasteiger partial charge in [0.2, 0.25) is 0 Å². The summed E-state index contributed by atoms with van der Waals surface area (Å²) in [5.74, 6) is 0.366. The van der Waals surface area contributed by atoms with Gasteiger partial charge in [0.25, 0.3) is 11.8 Å². The zero-order valence-corrected chi connectivity index (χ0v) is 23.8. The molecular formula is C25H31BrN2O6S2. The van der Waals surface area contributed by atoms with Crippen LogP contribution in [0.2, 0.25) is 0 Å². The number of esters is 1. The number of thiocarbonyl (C=S) groups is 1. The second-order valence-corrected chi connectivity index (χ2v) is 11.0. The van der Waals surface area contributed by atoms with E-state index in [4.69, 9.17) is 26.4 Å². The normalized spacial score (nSPS) is 17.0. The van der Waals surface area contributed by atoms with Crippen molar-refractivity contribution in [1.82, 2.24) is 9.80 Å². The van der Waals surface area contributed by atoms with Gasteiger partial charge in [-0.2, -0.15) is 0 Å². The number of nitrogens with zero attached hydrogens (tertiary/aromatic N) is 2. The summed E-state index contributed by atoms with van der Waals surface area (Å²) in [7, 11) is 1.52. The number of piperidine rings is 1. The third-order valence-corrected chi connectivity index (χ3v) is 7.67. The molecule has 2 amide bonds. The molecule has 2 saturated heterocycles. The van der Waals surface area contributed by atoms with Gasteiger partial charge >= 0.3 is 5.97 Å². The Balaban J connectivity index is 1.63. The van der Waals surface area contributed by atoms with Gasteiger partial charge in [-0.25, -0.2) is 0 Å². The van der Waals surface area contributed by atoms with E-state index in [-0.39, 0.29) is 30.8 Å². The number of carbonyl (C=O) groups excluding carboxylic acids is 3. The van der Waals surface area contributed by atoms with E-state index >= 15 is 0 Å². The maximum Gasteiger partial charge on any atom is 0.305 e. The van der Waals surface area contributed by atoms with Gasteiger partial charge in [0.05, 0.1) is 23.1 Å². The number of thioether (sulfide) groups is 1. The Bertz CT molecular complexity index is 1030. The molecular weight excluding hydrogens is 568 g/mol. The van der Waals surface area contributed by atoms with Crippen LogP contribution in [0.5, 0.6) is 11.5 Å². The minimum Gasteiger partial charge on any atom is -0.493 e. The van der Waals surface area contributed by atoms with Crippen molar-refractivity contribution in [3.63, 3.8) is 0 Å². The number of ether oxygens (including phenoxy) is 3. The summed E-state index contributed by atoms with van der Waals surface area (Å²) in [4.78, 5) is 40.9. The standard InChI is InChI=1S/C25H31BrN2O6S2/c1-3-12-33-22(30)8-7-11-28-24(31)20(36-25(28)35)15-17-13-18(26)23(19(14-17)32-2)34-16-21(29)27-9-5-4-6-10-27/h13-15H,3-12,16H2,1-2H3/b20-15+. The van der Waals surface area contributed by atoms with Crippen molar-refractivity contribution in [1.29, 1.82) is 0 Å². The smallest absolute Gasteiger partial charge is 0.305 e. The SMILES string of the molecule is CCCOC(=O)CCCN1C(=O)/C(=C\c2cc(Br)c(OCC(=O)N3CCCCC3)c(OC)c2)SC1=S. The first kappa shape index (κ1) is 28.5. The van der Waals surface area contributed by atoms with Gasteiger partial charge in [-0.1, -0.05) is 30.9 Å². The van der Waals surface area contributed by atoms with Crippen LogP contribution in [-0.4, -0.2) is 71.9 Å². The fourth-order valence-electron chi connectivity index (χ4n) is 3.85. The van der Waals surface area contributed by atoms with Crippen LogP contribution in [0.25, 0.3) is 6.08 Å². The molecule has 196 valence electrons. The Morgan fingerprint density at radius 3 is 2.67 bits per heavy atom. The van der Waals surface area contributed by atoms with Crippen LogP contribution in [0.3, 0.4) is 0 Å². The fraction of sp³-hybridized carbons (Fsp3) is 0.520. The van der Waals surface area contributed by atoms with Crippen LogP contribution in [-0.2, 0) is 19.1 Å². The summed E-state index contributed by atoms with van der Waals surface area (Å²) < 4.78 is 17.5. The van der Waals surface area contributed by atoms with E-state index in [2.05, 4.69) is 15.9 Å². The highest BCUT2D eigenvalue weighted by Crippen LogP contribution is 2.39. The molecule has 2 fully saturated rings. The zero-order valence-electron chi connectivity index (χ0n) is 20.5. The van der Waals surface area contributed by atoms with E-state index in [0.29, 0.717) is 44.8 Å². The second kappa shape index (κ2) is 14.0. The van der Waals surface area contributed by atoms with E-state index < -0.39 is 0 Å². The fourth-order valence-corrected chi connectivity index (χ4v) is 5.73. The van der Waals surface area contributed by atoms with Crippen molar-refractivity contribution in [2.45, 2.75) is 45.4 Å².